The van der Waals surface area contributed by atoms with E-state index >= 15 is 0 Å². The molecular weight excluding hydrogens is 250 g/mol. The lowest BCUT2D eigenvalue weighted by atomic mass is 10.3. The molecule has 0 bridgehead atoms. The third-order valence-electron chi connectivity index (χ3n) is 3.15. The molecule has 0 unspecified atom stereocenters. The van der Waals surface area contributed by atoms with E-state index in [9.17, 15) is 4.79 Å². The number of aryl methyl sites for hydroxylation is 1. The predicted octanol–water partition coefficient (Wildman–Crippen LogP) is 0.768. The number of rotatable bonds is 1. The van der Waals surface area contributed by atoms with Gasteiger partial charge in [-0.05, 0) is 6.92 Å². The van der Waals surface area contributed by atoms with Gasteiger partial charge in [0.1, 0.15) is 0 Å². The number of piperazine rings is 1. The van der Waals surface area contributed by atoms with E-state index < -0.39 is 0 Å². The highest BCUT2D eigenvalue weighted by Crippen LogP contribution is 2.24. The van der Waals surface area contributed by atoms with Crippen molar-refractivity contribution in [1.29, 1.82) is 0 Å². The van der Waals surface area contributed by atoms with E-state index in [2.05, 4.69) is 15.0 Å². The van der Waals surface area contributed by atoms with Crippen LogP contribution in [-0.4, -0.2) is 51.6 Å². The molecule has 1 aliphatic rings. The summed E-state index contributed by atoms with van der Waals surface area (Å²) in [5.74, 6) is 0.152. The maximum Gasteiger partial charge on any atom is 0.219 e. The molecule has 0 saturated carbocycles. The summed E-state index contributed by atoms with van der Waals surface area (Å²) >= 11 is 1.60. The number of amides is 1. The van der Waals surface area contributed by atoms with Crippen molar-refractivity contribution in [2.75, 3.05) is 31.1 Å². The van der Waals surface area contributed by atoms with Crippen LogP contribution < -0.4 is 4.90 Å². The zero-order valence-corrected chi connectivity index (χ0v) is 11.3. The predicted molar refractivity (Wildman–Crippen MR) is 70.1 cm³/mol. The average molecular weight is 265 g/mol. The molecule has 2 aromatic heterocycles. The maximum atomic E-state index is 11.3. The van der Waals surface area contributed by atoms with E-state index in [0.717, 1.165) is 42.0 Å². The Balaban J connectivity index is 1.75. The van der Waals surface area contributed by atoms with Crippen molar-refractivity contribution < 1.29 is 4.79 Å². The van der Waals surface area contributed by atoms with E-state index in [1.54, 1.807) is 18.3 Å². The second-order valence-corrected chi connectivity index (χ2v) is 5.42. The normalized spacial score (nSPS) is 16.6. The summed E-state index contributed by atoms with van der Waals surface area (Å²) in [4.78, 5) is 20.7. The lowest BCUT2D eigenvalue weighted by Gasteiger charge is -2.33. The molecule has 1 amide bonds. The Morgan fingerprint density at radius 2 is 2.06 bits per heavy atom. The SMILES string of the molecule is CC(=O)N1CCN(c2nn3cc(C)nc3s2)CC1. The number of imidazole rings is 1. The first kappa shape index (κ1) is 11.5. The highest BCUT2D eigenvalue weighted by atomic mass is 32.1. The molecule has 1 saturated heterocycles. The molecule has 0 aromatic carbocycles. The second-order valence-electron chi connectivity index (χ2n) is 4.49. The van der Waals surface area contributed by atoms with Crippen LogP contribution in [0, 0.1) is 6.92 Å². The van der Waals surface area contributed by atoms with Gasteiger partial charge >= 0.3 is 0 Å². The Bertz CT molecular complexity index is 550. The van der Waals surface area contributed by atoms with Gasteiger partial charge in [0.05, 0.1) is 11.9 Å². The van der Waals surface area contributed by atoms with Crippen LogP contribution in [0.5, 0.6) is 0 Å². The van der Waals surface area contributed by atoms with Gasteiger partial charge in [-0.2, -0.15) is 0 Å². The molecule has 18 heavy (non-hydrogen) atoms. The zero-order valence-electron chi connectivity index (χ0n) is 10.5. The minimum atomic E-state index is 0.152. The number of fused-ring (bicyclic) bond motifs is 1. The summed E-state index contributed by atoms with van der Waals surface area (Å²) in [6, 6.07) is 0. The van der Waals surface area contributed by atoms with Crippen LogP contribution in [-0.2, 0) is 4.79 Å². The van der Waals surface area contributed by atoms with Crippen LogP contribution in [0.25, 0.3) is 4.96 Å². The molecule has 7 heteroatoms. The summed E-state index contributed by atoms with van der Waals surface area (Å²) in [6.45, 7) is 6.82. The molecule has 1 fully saturated rings. The van der Waals surface area contributed by atoms with Crippen molar-refractivity contribution in [3.05, 3.63) is 11.9 Å². The van der Waals surface area contributed by atoms with E-state index in [1.165, 1.54) is 0 Å². The van der Waals surface area contributed by atoms with Gasteiger partial charge in [-0.3, -0.25) is 4.79 Å². The van der Waals surface area contributed by atoms with Gasteiger partial charge in [-0.25, -0.2) is 9.50 Å². The summed E-state index contributed by atoms with van der Waals surface area (Å²) in [5, 5.41) is 5.51. The molecular formula is C11H15N5OS. The number of nitrogens with zero attached hydrogens (tertiary/aromatic N) is 5. The number of anilines is 1. The molecule has 6 nitrogen and oxygen atoms in total. The molecule has 0 radical (unpaired) electrons. The fourth-order valence-electron chi connectivity index (χ4n) is 2.14. The van der Waals surface area contributed by atoms with Gasteiger partial charge in [0.25, 0.3) is 0 Å². The van der Waals surface area contributed by atoms with Crippen molar-refractivity contribution in [3.8, 4) is 0 Å². The molecule has 0 atom stereocenters. The smallest absolute Gasteiger partial charge is 0.219 e. The van der Waals surface area contributed by atoms with Crippen LogP contribution in [0.2, 0.25) is 0 Å². The molecule has 2 aromatic rings. The molecule has 0 N–H and O–H groups in total. The Hall–Kier alpha value is -1.63. The van der Waals surface area contributed by atoms with E-state index in [-0.39, 0.29) is 5.91 Å². The molecule has 96 valence electrons. The van der Waals surface area contributed by atoms with Gasteiger partial charge in [-0.15, -0.1) is 5.10 Å². The standard InChI is InChI=1S/C11H15N5OS/c1-8-7-16-10(12-8)18-11(13-16)15-5-3-14(4-6-15)9(2)17/h7H,3-6H2,1-2H3. The summed E-state index contributed by atoms with van der Waals surface area (Å²) in [5.41, 5.74) is 0.988. The Kier molecular flexibility index (Phi) is 2.70. The third kappa shape index (κ3) is 1.94. The number of aromatic nitrogens is 3. The van der Waals surface area contributed by atoms with Crippen LogP contribution in [0.3, 0.4) is 0 Å². The molecule has 0 aliphatic carbocycles. The highest BCUT2D eigenvalue weighted by Gasteiger charge is 2.21. The fraction of sp³-hybridized carbons (Fsp3) is 0.545. The first-order valence-electron chi connectivity index (χ1n) is 5.97. The number of hydrogen-bond acceptors (Lipinski definition) is 5. The van der Waals surface area contributed by atoms with E-state index in [1.807, 2.05) is 22.5 Å². The van der Waals surface area contributed by atoms with Gasteiger partial charge in [0, 0.05) is 33.1 Å². The van der Waals surface area contributed by atoms with Crippen molar-refractivity contribution in [2.24, 2.45) is 0 Å². The van der Waals surface area contributed by atoms with E-state index in [0.29, 0.717) is 0 Å². The first-order valence-corrected chi connectivity index (χ1v) is 6.78. The Morgan fingerprint density at radius 1 is 1.33 bits per heavy atom. The topological polar surface area (TPSA) is 53.7 Å². The highest BCUT2D eigenvalue weighted by molar-refractivity contribution is 7.20. The van der Waals surface area contributed by atoms with Crippen LogP contribution in [0.4, 0.5) is 5.13 Å². The van der Waals surface area contributed by atoms with Crippen molar-refractivity contribution >= 4 is 27.3 Å². The van der Waals surface area contributed by atoms with E-state index in [4.69, 9.17) is 0 Å². The molecule has 1 aliphatic heterocycles. The second kappa shape index (κ2) is 4.24. The minimum absolute atomic E-state index is 0.152. The average Bonchev–Trinajstić information content (AvgIpc) is 2.86. The van der Waals surface area contributed by atoms with Gasteiger partial charge in [0.15, 0.2) is 0 Å². The van der Waals surface area contributed by atoms with Gasteiger partial charge in [-0.1, -0.05) is 11.3 Å². The first-order chi connectivity index (χ1) is 8.63. The quantitative estimate of drug-likeness (QED) is 0.764. The fourth-order valence-corrected chi connectivity index (χ4v) is 3.12. The zero-order chi connectivity index (χ0) is 12.7. The summed E-state index contributed by atoms with van der Waals surface area (Å²) < 4.78 is 1.83. The third-order valence-corrected chi connectivity index (χ3v) is 4.13. The van der Waals surface area contributed by atoms with Gasteiger partial charge < -0.3 is 9.80 Å². The minimum Gasteiger partial charge on any atom is -0.343 e. The Labute approximate surface area is 109 Å². The van der Waals surface area contributed by atoms with Crippen LogP contribution >= 0.6 is 11.3 Å². The van der Waals surface area contributed by atoms with Crippen molar-refractivity contribution in [1.82, 2.24) is 19.5 Å². The van der Waals surface area contributed by atoms with Crippen LogP contribution in [0.1, 0.15) is 12.6 Å². The lowest BCUT2D eigenvalue weighted by molar-refractivity contribution is -0.129. The van der Waals surface area contributed by atoms with Crippen molar-refractivity contribution in [2.45, 2.75) is 13.8 Å². The largest absolute Gasteiger partial charge is 0.343 e. The lowest BCUT2D eigenvalue weighted by Crippen LogP contribution is -2.48. The maximum absolute atomic E-state index is 11.3. The van der Waals surface area contributed by atoms with Gasteiger partial charge in [0.2, 0.25) is 16.0 Å². The monoisotopic (exact) mass is 265 g/mol. The summed E-state index contributed by atoms with van der Waals surface area (Å²) in [6.07, 6.45) is 1.93. The molecule has 0 spiro atoms. The van der Waals surface area contributed by atoms with Crippen LogP contribution in [0.15, 0.2) is 6.20 Å². The molecule has 3 rings (SSSR count). The van der Waals surface area contributed by atoms with Crippen molar-refractivity contribution in [3.63, 3.8) is 0 Å². The number of carbonyl (C=O) groups excluding carboxylic acids is 1. The molecule has 3 heterocycles. The summed E-state index contributed by atoms with van der Waals surface area (Å²) in [7, 11) is 0. The Morgan fingerprint density at radius 3 is 2.67 bits per heavy atom. The number of carbonyl (C=O) groups is 1. The number of hydrogen-bond donors (Lipinski definition) is 0.